The first-order valence-electron chi connectivity index (χ1n) is 18.0. The van der Waals surface area contributed by atoms with E-state index < -0.39 is 0 Å². The normalized spacial score (nSPS) is 27.3. The summed E-state index contributed by atoms with van der Waals surface area (Å²) in [6.45, 7) is 4.20. The van der Waals surface area contributed by atoms with Crippen LogP contribution in [0.4, 0.5) is 0 Å². The monoisotopic (exact) mass is 577 g/mol. The molecule has 240 valence electrons. The van der Waals surface area contributed by atoms with Crippen LogP contribution in [0.5, 0.6) is 0 Å². The highest BCUT2D eigenvalue weighted by molar-refractivity contribution is 5.72. The molecular formula is C36H68N2O3. The maximum absolute atomic E-state index is 11.5. The quantitative estimate of drug-likeness (QED) is 0.0528. The van der Waals surface area contributed by atoms with Gasteiger partial charge < -0.3 is 20.8 Å². The molecular weight excluding hydrogens is 508 g/mol. The molecule has 2 rings (SSSR count). The Hall–Kier alpha value is -0.750. The number of aliphatic hydroxyl groups excluding tert-OH is 2. The molecule has 2 saturated heterocycles. The first-order valence-corrected chi connectivity index (χ1v) is 18.0. The first kappa shape index (κ1) is 36.4. The fraction of sp³-hybridized carbons (Fsp3) is 0.917. The SMILES string of the molecule is C[C@@H]1N[C@H](CCCCCCCCCCC/C=C(/C=O)CCCCCCCCCC[C@@H]2CC[C@H](O)[C@H](C)N2)CC[C@@H]1O. The van der Waals surface area contributed by atoms with E-state index in [1.165, 1.54) is 116 Å². The Morgan fingerprint density at radius 2 is 0.976 bits per heavy atom. The van der Waals surface area contributed by atoms with Crippen LogP contribution >= 0.6 is 0 Å². The zero-order valence-corrected chi connectivity index (χ0v) is 27.1. The Bertz CT molecular complexity index is 669. The van der Waals surface area contributed by atoms with Crippen molar-refractivity contribution in [2.75, 3.05) is 0 Å². The minimum absolute atomic E-state index is 0.155. The third-order valence-corrected chi connectivity index (χ3v) is 9.86. The summed E-state index contributed by atoms with van der Waals surface area (Å²) in [5.41, 5.74) is 1.03. The van der Waals surface area contributed by atoms with Gasteiger partial charge in [-0.15, -0.1) is 0 Å². The molecule has 0 aliphatic carbocycles. The molecule has 0 saturated carbocycles. The molecule has 4 N–H and O–H groups in total. The molecule has 2 aliphatic heterocycles. The molecule has 0 amide bonds. The predicted octanol–water partition coefficient (Wildman–Crippen LogP) is 8.31. The van der Waals surface area contributed by atoms with Gasteiger partial charge in [0.2, 0.25) is 0 Å². The number of allylic oxidation sites excluding steroid dienone is 2. The number of carbonyl (C=O) groups excluding carboxylic acids is 1. The van der Waals surface area contributed by atoms with Crippen molar-refractivity contribution in [3.8, 4) is 0 Å². The van der Waals surface area contributed by atoms with Crippen molar-refractivity contribution in [1.82, 2.24) is 10.6 Å². The molecule has 5 heteroatoms. The largest absolute Gasteiger partial charge is 0.392 e. The van der Waals surface area contributed by atoms with E-state index in [-0.39, 0.29) is 24.3 Å². The Labute approximate surface area is 254 Å². The van der Waals surface area contributed by atoms with E-state index in [9.17, 15) is 15.0 Å². The Kier molecular flexibility index (Phi) is 21.0. The summed E-state index contributed by atoms with van der Waals surface area (Å²) in [6, 6.07) is 1.73. The average molecular weight is 577 g/mol. The lowest BCUT2D eigenvalue weighted by Gasteiger charge is -2.32. The summed E-state index contributed by atoms with van der Waals surface area (Å²) >= 11 is 0. The van der Waals surface area contributed by atoms with Gasteiger partial charge in [0.05, 0.1) is 12.2 Å². The molecule has 0 radical (unpaired) electrons. The number of unbranched alkanes of at least 4 members (excludes halogenated alkanes) is 16. The molecule has 0 unspecified atom stereocenters. The van der Waals surface area contributed by atoms with Crippen LogP contribution < -0.4 is 10.6 Å². The highest BCUT2D eigenvalue weighted by Crippen LogP contribution is 2.20. The van der Waals surface area contributed by atoms with E-state index in [1.807, 2.05) is 0 Å². The summed E-state index contributed by atoms with van der Waals surface area (Å²) < 4.78 is 0. The van der Waals surface area contributed by atoms with Crippen molar-refractivity contribution in [2.24, 2.45) is 0 Å². The van der Waals surface area contributed by atoms with Crippen LogP contribution in [0.15, 0.2) is 11.6 Å². The molecule has 0 aromatic carbocycles. The fourth-order valence-corrected chi connectivity index (χ4v) is 6.88. The van der Waals surface area contributed by atoms with Crippen molar-refractivity contribution in [1.29, 1.82) is 0 Å². The lowest BCUT2D eigenvalue weighted by Crippen LogP contribution is -2.48. The molecule has 6 atom stereocenters. The van der Waals surface area contributed by atoms with E-state index in [1.54, 1.807) is 0 Å². The van der Waals surface area contributed by atoms with Gasteiger partial charge in [0, 0.05) is 24.2 Å². The lowest BCUT2D eigenvalue weighted by atomic mass is 9.93. The van der Waals surface area contributed by atoms with Gasteiger partial charge in [0.15, 0.2) is 0 Å². The molecule has 2 heterocycles. The van der Waals surface area contributed by atoms with E-state index in [0.717, 1.165) is 56.8 Å². The zero-order valence-electron chi connectivity index (χ0n) is 27.1. The van der Waals surface area contributed by atoms with Crippen LogP contribution in [-0.2, 0) is 4.79 Å². The third kappa shape index (κ3) is 17.8. The second-order valence-corrected chi connectivity index (χ2v) is 13.6. The van der Waals surface area contributed by atoms with Gasteiger partial charge in [-0.2, -0.15) is 0 Å². The molecule has 2 aliphatic rings. The van der Waals surface area contributed by atoms with Crippen LogP contribution in [-0.4, -0.2) is 52.9 Å². The van der Waals surface area contributed by atoms with Crippen molar-refractivity contribution in [3.05, 3.63) is 11.6 Å². The maximum Gasteiger partial charge on any atom is 0.145 e. The molecule has 0 aromatic rings. The van der Waals surface area contributed by atoms with E-state index >= 15 is 0 Å². The van der Waals surface area contributed by atoms with Gasteiger partial charge >= 0.3 is 0 Å². The number of aldehydes is 1. The summed E-state index contributed by atoms with van der Waals surface area (Å²) in [6.07, 6.45) is 34.0. The lowest BCUT2D eigenvalue weighted by molar-refractivity contribution is -0.105. The van der Waals surface area contributed by atoms with Crippen LogP contribution in [0.1, 0.15) is 174 Å². The smallest absolute Gasteiger partial charge is 0.145 e. The number of nitrogens with one attached hydrogen (secondary N) is 2. The molecule has 5 nitrogen and oxygen atoms in total. The minimum atomic E-state index is -0.160. The number of piperidine rings is 2. The summed E-state index contributed by atoms with van der Waals surface area (Å²) in [5.74, 6) is 0. The van der Waals surface area contributed by atoms with E-state index in [0.29, 0.717) is 12.1 Å². The van der Waals surface area contributed by atoms with Crippen molar-refractivity contribution in [3.63, 3.8) is 0 Å². The summed E-state index contributed by atoms with van der Waals surface area (Å²) in [7, 11) is 0. The topological polar surface area (TPSA) is 81.6 Å². The molecule has 0 bridgehead atoms. The van der Waals surface area contributed by atoms with Crippen molar-refractivity contribution >= 4 is 6.29 Å². The van der Waals surface area contributed by atoms with Crippen molar-refractivity contribution in [2.45, 2.75) is 211 Å². The van der Waals surface area contributed by atoms with Gasteiger partial charge in [-0.25, -0.2) is 0 Å². The van der Waals surface area contributed by atoms with E-state index in [4.69, 9.17) is 0 Å². The van der Waals surface area contributed by atoms with Crippen LogP contribution in [0.25, 0.3) is 0 Å². The highest BCUT2D eigenvalue weighted by atomic mass is 16.3. The Morgan fingerprint density at radius 1 is 0.585 bits per heavy atom. The number of carbonyl (C=O) groups is 1. The first-order chi connectivity index (χ1) is 20.0. The second-order valence-electron chi connectivity index (χ2n) is 13.6. The Morgan fingerprint density at radius 3 is 1.39 bits per heavy atom. The summed E-state index contributed by atoms with van der Waals surface area (Å²) in [5, 5.41) is 26.8. The molecule has 2 fully saturated rings. The predicted molar refractivity (Wildman–Crippen MR) is 174 cm³/mol. The molecule has 0 spiro atoms. The fourth-order valence-electron chi connectivity index (χ4n) is 6.88. The number of aliphatic hydroxyl groups is 2. The summed E-state index contributed by atoms with van der Waals surface area (Å²) in [4.78, 5) is 11.5. The minimum Gasteiger partial charge on any atom is -0.392 e. The van der Waals surface area contributed by atoms with Gasteiger partial charge in [0.25, 0.3) is 0 Å². The second kappa shape index (κ2) is 23.7. The molecule has 41 heavy (non-hydrogen) atoms. The van der Waals surface area contributed by atoms with Gasteiger partial charge in [0.1, 0.15) is 6.29 Å². The van der Waals surface area contributed by atoms with Crippen LogP contribution in [0.2, 0.25) is 0 Å². The number of rotatable bonds is 24. The number of hydrogen-bond donors (Lipinski definition) is 4. The zero-order chi connectivity index (χ0) is 29.5. The highest BCUT2D eigenvalue weighted by Gasteiger charge is 2.25. The van der Waals surface area contributed by atoms with E-state index in [2.05, 4.69) is 30.6 Å². The average Bonchev–Trinajstić information content (AvgIpc) is 2.97. The number of hydrogen-bond acceptors (Lipinski definition) is 5. The Balaban J connectivity index is 1.30. The van der Waals surface area contributed by atoms with Gasteiger partial charge in [-0.05, 0) is 83.6 Å². The van der Waals surface area contributed by atoms with Crippen molar-refractivity contribution < 1.29 is 15.0 Å². The van der Waals surface area contributed by atoms with Crippen LogP contribution in [0, 0.1) is 0 Å². The van der Waals surface area contributed by atoms with Crippen LogP contribution in [0.3, 0.4) is 0 Å². The maximum atomic E-state index is 11.5. The standard InChI is InChI=1S/C36H68N2O3/c1-30-35(40)27-25-33(37-30)23-19-15-11-6-4-3-5-9-13-17-21-32(29-39)22-18-14-10-7-8-12-16-20-24-34-26-28-36(41)31(2)38-34/h21,29-31,33-38,40-41H,3-20,22-28H2,1-2H3/b32-21+/t30-,31-,33+,34+,35-,36-/m0/s1. The third-order valence-electron chi connectivity index (χ3n) is 9.86. The van der Waals surface area contributed by atoms with Gasteiger partial charge in [-0.1, -0.05) is 102 Å². The molecule has 0 aromatic heterocycles. The van der Waals surface area contributed by atoms with Gasteiger partial charge in [-0.3, -0.25) is 4.79 Å².